The van der Waals surface area contributed by atoms with Crippen molar-refractivity contribution in [3.05, 3.63) is 17.8 Å². The van der Waals surface area contributed by atoms with Gasteiger partial charge in [-0.1, -0.05) is 0 Å². The molecule has 0 aromatic carbocycles. The van der Waals surface area contributed by atoms with E-state index in [1.54, 1.807) is 11.9 Å². The van der Waals surface area contributed by atoms with Crippen LogP contribution in [0.1, 0.15) is 18.5 Å². The predicted octanol–water partition coefficient (Wildman–Crippen LogP) is 0.411. The Morgan fingerprint density at radius 1 is 1.36 bits per heavy atom. The number of amides is 1. The zero-order valence-corrected chi connectivity index (χ0v) is 12.7. The number of nitrogens with one attached hydrogen (secondary N) is 2. The fourth-order valence-electron chi connectivity index (χ4n) is 2.46. The molecule has 0 radical (unpaired) electrons. The first-order valence-electron chi connectivity index (χ1n) is 7.43. The molecule has 1 fully saturated rings. The van der Waals surface area contributed by atoms with Gasteiger partial charge in [-0.3, -0.25) is 9.59 Å². The number of rotatable bonds is 8. The number of carbonyl (C=O) groups excluding carboxylic acids is 2. The first kappa shape index (κ1) is 16.2. The average molecular weight is 306 g/mol. The SMILES string of the molecule is CNc1nc(CNC2CCN(C=O)CC2)ccc1OCC=O. The van der Waals surface area contributed by atoms with E-state index in [9.17, 15) is 9.59 Å². The molecule has 7 nitrogen and oxygen atoms in total. The predicted molar refractivity (Wildman–Crippen MR) is 82.8 cm³/mol. The number of anilines is 1. The van der Waals surface area contributed by atoms with E-state index >= 15 is 0 Å². The second kappa shape index (κ2) is 8.33. The maximum atomic E-state index is 10.7. The normalized spacial score (nSPS) is 15.4. The van der Waals surface area contributed by atoms with Crippen molar-refractivity contribution in [3.63, 3.8) is 0 Å². The second-order valence-electron chi connectivity index (χ2n) is 5.17. The van der Waals surface area contributed by atoms with E-state index in [2.05, 4.69) is 15.6 Å². The lowest BCUT2D eigenvalue weighted by molar-refractivity contribution is -0.119. The number of ether oxygens (including phenoxy) is 1. The number of likely N-dealkylation sites (tertiary alicyclic amines) is 1. The minimum Gasteiger partial charge on any atom is -0.482 e. The van der Waals surface area contributed by atoms with E-state index < -0.39 is 0 Å². The molecule has 0 saturated carbocycles. The Balaban J connectivity index is 1.87. The maximum absolute atomic E-state index is 10.7. The fourth-order valence-corrected chi connectivity index (χ4v) is 2.46. The summed E-state index contributed by atoms with van der Waals surface area (Å²) in [4.78, 5) is 27.3. The van der Waals surface area contributed by atoms with Gasteiger partial charge in [0.05, 0.1) is 5.69 Å². The number of aldehydes is 1. The van der Waals surface area contributed by atoms with Gasteiger partial charge in [-0.2, -0.15) is 0 Å². The third-order valence-electron chi connectivity index (χ3n) is 3.71. The minimum absolute atomic E-state index is 0.0171. The Bertz CT molecular complexity index is 502. The van der Waals surface area contributed by atoms with Gasteiger partial charge in [0, 0.05) is 32.7 Å². The summed E-state index contributed by atoms with van der Waals surface area (Å²) in [7, 11) is 1.77. The molecular weight excluding hydrogens is 284 g/mol. The zero-order valence-electron chi connectivity index (χ0n) is 12.7. The second-order valence-corrected chi connectivity index (χ2v) is 5.17. The summed E-state index contributed by atoms with van der Waals surface area (Å²) in [5.74, 6) is 1.19. The third-order valence-corrected chi connectivity index (χ3v) is 3.71. The van der Waals surface area contributed by atoms with Crippen LogP contribution in [0, 0.1) is 0 Å². The van der Waals surface area contributed by atoms with E-state index in [0.717, 1.165) is 38.0 Å². The molecule has 0 aliphatic carbocycles. The van der Waals surface area contributed by atoms with Crippen LogP contribution in [-0.2, 0) is 16.1 Å². The van der Waals surface area contributed by atoms with Gasteiger partial charge in [-0.25, -0.2) is 4.98 Å². The zero-order chi connectivity index (χ0) is 15.8. The first-order valence-corrected chi connectivity index (χ1v) is 7.43. The Labute approximate surface area is 130 Å². The molecule has 0 unspecified atom stereocenters. The number of aromatic nitrogens is 1. The van der Waals surface area contributed by atoms with E-state index in [4.69, 9.17) is 4.74 Å². The van der Waals surface area contributed by atoms with Crippen molar-refractivity contribution in [2.75, 3.05) is 32.1 Å². The van der Waals surface area contributed by atoms with Crippen LogP contribution >= 0.6 is 0 Å². The average Bonchev–Trinajstić information content (AvgIpc) is 2.58. The summed E-state index contributed by atoms with van der Waals surface area (Å²) in [6.07, 6.45) is 3.53. The molecule has 22 heavy (non-hydrogen) atoms. The molecule has 1 aliphatic heterocycles. The lowest BCUT2D eigenvalue weighted by Crippen LogP contribution is -2.41. The molecule has 1 aliphatic rings. The Kier molecular flexibility index (Phi) is 6.14. The summed E-state index contributed by atoms with van der Waals surface area (Å²) in [5, 5.41) is 6.44. The molecule has 1 aromatic rings. The Morgan fingerprint density at radius 2 is 2.14 bits per heavy atom. The topological polar surface area (TPSA) is 83.6 Å². The molecule has 7 heteroatoms. The van der Waals surface area contributed by atoms with Gasteiger partial charge in [-0.05, 0) is 25.0 Å². The van der Waals surface area contributed by atoms with Crippen LogP contribution in [0.25, 0.3) is 0 Å². The molecule has 2 rings (SSSR count). The van der Waals surface area contributed by atoms with E-state index in [-0.39, 0.29) is 6.61 Å². The van der Waals surface area contributed by atoms with Crippen LogP contribution in [-0.4, -0.2) is 55.4 Å². The smallest absolute Gasteiger partial charge is 0.209 e. The molecule has 0 spiro atoms. The van der Waals surface area contributed by atoms with Crippen molar-refractivity contribution in [1.29, 1.82) is 0 Å². The highest BCUT2D eigenvalue weighted by Crippen LogP contribution is 2.22. The van der Waals surface area contributed by atoms with Crippen LogP contribution in [0.3, 0.4) is 0 Å². The molecule has 120 valence electrons. The van der Waals surface area contributed by atoms with Gasteiger partial charge >= 0.3 is 0 Å². The van der Waals surface area contributed by atoms with Crippen LogP contribution in [0.4, 0.5) is 5.82 Å². The maximum Gasteiger partial charge on any atom is 0.209 e. The van der Waals surface area contributed by atoms with Gasteiger partial charge in [0.2, 0.25) is 6.41 Å². The molecule has 1 aromatic heterocycles. The van der Waals surface area contributed by atoms with Crippen LogP contribution in [0.5, 0.6) is 5.75 Å². The first-order chi connectivity index (χ1) is 10.8. The standard InChI is InChI=1S/C15H22N4O3/c1-16-15-14(22-9-8-20)3-2-13(18-15)10-17-12-4-6-19(11-21)7-5-12/h2-3,8,11-12,17H,4-7,9-10H2,1H3,(H,16,18). The highest BCUT2D eigenvalue weighted by atomic mass is 16.5. The van der Waals surface area contributed by atoms with Gasteiger partial charge in [0.25, 0.3) is 0 Å². The highest BCUT2D eigenvalue weighted by molar-refractivity contribution is 5.55. The van der Waals surface area contributed by atoms with Gasteiger partial charge in [-0.15, -0.1) is 0 Å². The third kappa shape index (κ3) is 4.42. The summed E-state index contributed by atoms with van der Waals surface area (Å²) >= 11 is 0. The number of pyridine rings is 1. The van der Waals surface area contributed by atoms with Crippen molar-refractivity contribution in [2.45, 2.75) is 25.4 Å². The Morgan fingerprint density at radius 3 is 2.77 bits per heavy atom. The minimum atomic E-state index is 0.0171. The Hall–Kier alpha value is -2.15. The number of nitrogens with zero attached hydrogens (tertiary/aromatic N) is 2. The number of carbonyl (C=O) groups is 2. The summed E-state index contributed by atoms with van der Waals surface area (Å²) in [6.45, 7) is 2.28. The van der Waals surface area contributed by atoms with Crippen LogP contribution in [0.15, 0.2) is 12.1 Å². The fraction of sp³-hybridized carbons (Fsp3) is 0.533. The van der Waals surface area contributed by atoms with Gasteiger partial charge in [0.1, 0.15) is 6.61 Å². The number of hydrogen-bond donors (Lipinski definition) is 2. The number of hydrogen-bond acceptors (Lipinski definition) is 6. The lowest BCUT2D eigenvalue weighted by atomic mass is 10.1. The monoisotopic (exact) mass is 306 g/mol. The van der Waals surface area contributed by atoms with Crippen molar-refractivity contribution >= 4 is 18.5 Å². The van der Waals surface area contributed by atoms with Gasteiger partial charge in [0.15, 0.2) is 17.9 Å². The molecule has 0 atom stereocenters. The molecule has 0 bridgehead atoms. The molecule has 1 saturated heterocycles. The summed E-state index contributed by atoms with van der Waals surface area (Å²) in [5.41, 5.74) is 0.903. The van der Waals surface area contributed by atoms with Crippen LogP contribution in [0.2, 0.25) is 0 Å². The number of piperidine rings is 1. The largest absolute Gasteiger partial charge is 0.482 e. The molecule has 2 N–H and O–H groups in total. The molecular formula is C15H22N4O3. The van der Waals surface area contributed by atoms with E-state index in [1.165, 1.54) is 0 Å². The molecule has 1 amide bonds. The van der Waals surface area contributed by atoms with Gasteiger partial charge < -0.3 is 20.3 Å². The van der Waals surface area contributed by atoms with Crippen LogP contribution < -0.4 is 15.4 Å². The van der Waals surface area contributed by atoms with Crippen molar-refractivity contribution in [1.82, 2.24) is 15.2 Å². The van der Waals surface area contributed by atoms with E-state index in [1.807, 2.05) is 12.1 Å². The van der Waals surface area contributed by atoms with E-state index in [0.29, 0.717) is 30.4 Å². The highest BCUT2D eigenvalue weighted by Gasteiger charge is 2.17. The van der Waals surface area contributed by atoms with Crippen molar-refractivity contribution in [2.24, 2.45) is 0 Å². The summed E-state index contributed by atoms with van der Waals surface area (Å²) in [6, 6.07) is 4.10. The summed E-state index contributed by atoms with van der Waals surface area (Å²) < 4.78 is 5.30. The van der Waals surface area contributed by atoms with Crippen molar-refractivity contribution in [3.8, 4) is 5.75 Å². The molecule has 2 heterocycles. The van der Waals surface area contributed by atoms with Crippen molar-refractivity contribution < 1.29 is 14.3 Å². The quantitative estimate of drug-likeness (QED) is 0.677. The lowest BCUT2D eigenvalue weighted by Gasteiger charge is -2.29.